The number of aryl methyl sites for hydroxylation is 1. The van der Waals surface area contributed by atoms with Crippen LogP contribution in [0.3, 0.4) is 0 Å². The first kappa shape index (κ1) is 23.0. The molecule has 0 aromatic heterocycles. The zero-order valence-corrected chi connectivity index (χ0v) is 20.9. The summed E-state index contributed by atoms with van der Waals surface area (Å²) in [4.78, 5) is 41.6. The van der Waals surface area contributed by atoms with Gasteiger partial charge in [0.1, 0.15) is 5.57 Å². The van der Waals surface area contributed by atoms with Gasteiger partial charge in [0.05, 0.1) is 11.2 Å². The first-order chi connectivity index (χ1) is 15.5. The lowest BCUT2D eigenvalue weighted by molar-refractivity contribution is -0.122. The lowest BCUT2D eigenvalue weighted by Crippen LogP contribution is -2.54. The molecule has 1 saturated heterocycles. The number of anilines is 2. The van der Waals surface area contributed by atoms with Gasteiger partial charge in [0.15, 0.2) is 0 Å². The predicted molar refractivity (Wildman–Crippen MR) is 135 cm³/mol. The number of carbonyl (C=O) groups is 3. The smallest absolute Gasteiger partial charge is 0.335 e. The number of hydrogen-bond donors (Lipinski definition) is 1. The van der Waals surface area contributed by atoms with E-state index in [4.69, 9.17) is 0 Å². The van der Waals surface area contributed by atoms with E-state index >= 15 is 0 Å². The fourth-order valence-corrected chi connectivity index (χ4v) is 4.88. The van der Waals surface area contributed by atoms with Crippen LogP contribution in [0.1, 0.15) is 44.4 Å². The third-order valence-corrected chi connectivity index (χ3v) is 6.70. The van der Waals surface area contributed by atoms with Crippen molar-refractivity contribution < 1.29 is 14.4 Å². The molecule has 1 N–H and O–H groups in total. The van der Waals surface area contributed by atoms with Crippen LogP contribution in [0.2, 0.25) is 0 Å². The first-order valence-corrected chi connectivity index (χ1v) is 11.6. The molecular weight excluding hydrogens is 482 g/mol. The van der Waals surface area contributed by atoms with Gasteiger partial charge < -0.3 is 4.90 Å². The molecule has 6 nitrogen and oxygen atoms in total. The number of hydrogen-bond acceptors (Lipinski definition) is 4. The molecule has 170 valence electrons. The molecule has 4 rings (SSSR count). The number of likely N-dealkylation sites (N-methyl/N-ethyl adjacent to an activating group) is 1. The van der Waals surface area contributed by atoms with Crippen molar-refractivity contribution in [2.24, 2.45) is 0 Å². The van der Waals surface area contributed by atoms with E-state index in [1.54, 1.807) is 30.3 Å². The van der Waals surface area contributed by atoms with Gasteiger partial charge in [-0.15, -0.1) is 0 Å². The van der Waals surface area contributed by atoms with Crippen molar-refractivity contribution in [2.75, 3.05) is 16.3 Å². The van der Waals surface area contributed by atoms with Crippen LogP contribution in [-0.2, 0) is 9.59 Å². The van der Waals surface area contributed by atoms with Crippen LogP contribution in [0.25, 0.3) is 11.6 Å². The van der Waals surface area contributed by atoms with Gasteiger partial charge >= 0.3 is 6.03 Å². The van der Waals surface area contributed by atoms with Gasteiger partial charge in [-0.25, -0.2) is 9.69 Å². The number of benzene rings is 2. The summed E-state index contributed by atoms with van der Waals surface area (Å²) in [6.07, 6.45) is 3.81. The Morgan fingerprint density at radius 2 is 1.73 bits per heavy atom. The lowest BCUT2D eigenvalue weighted by atomic mass is 9.86. The van der Waals surface area contributed by atoms with Gasteiger partial charge in [-0.1, -0.05) is 22.0 Å². The van der Waals surface area contributed by atoms with Crippen molar-refractivity contribution in [3.05, 3.63) is 69.2 Å². The van der Waals surface area contributed by atoms with Crippen LogP contribution in [0.4, 0.5) is 16.2 Å². The van der Waals surface area contributed by atoms with E-state index in [-0.39, 0.29) is 11.1 Å². The molecule has 2 aromatic carbocycles. The number of nitrogens with one attached hydrogen (secondary N) is 1. The number of carbonyl (C=O) groups excluding carboxylic acids is 3. The summed E-state index contributed by atoms with van der Waals surface area (Å²) < 4.78 is 0.820. The van der Waals surface area contributed by atoms with Gasteiger partial charge in [0.2, 0.25) is 0 Å². The average molecular weight is 508 g/mol. The predicted octanol–water partition coefficient (Wildman–Crippen LogP) is 5.45. The highest BCUT2D eigenvalue weighted by Gasteiger charge is 2.37. The Bertz CT molecular complexity index is 1240. The normalized spacial score (nSPS) is 18.9. The molecule has 0 spiro atoms. The molecule has 0 unspecified atom stereocenters. The number of barbiturate groups is 1. The maximum Gasteiger partial charge on any atom is 0.335 e. The number of nitrogens with zero attached hydrogens (tertiary/aromatic N) is 2. The molecule has 2 aliphatic rings. The fraction of sp³-hybridized carbons (Fsp3) is 0.269. The Balaban J connectivity index is 1.79. The molecule has 0 atom stereocenters. The van der Waals surface area contributed by atoms with E-state index < -0.39 is 17.8 Å². The third kappa shape index (κ3) is 4.02. The molecule has 33 heavy (non-hydrogen) atoms. The molecule has 7 heteroatoms. The van der Waals surface area contributed by atoms with E-state index in [2.05, 4.69) is 66.0 Å². The molecular formula is C26H26BrN3O3. The van der Waals surface area contributed by atoms with Crippen LogP contribution in [0.5, 0.6) is 0 Å². The highest BCUT2D eigenvalue weighted by atomic mass is 79.9. The van der Waals surface area contributed by atoms with Crippen molar-refractivity contribution in [2.45, 2.75) is 40.2 Å². The number of allylic oxidation sites excluding steroid dienone is 1. The number of fused-ring (bicyclic) bond motifs is 1. The average Bonchev–Trinajstić information content (AvgIpc) is 2.72. The molecule has 4 amide bonds. The summed E-state index contributed by atoms with van der Waals surface area (Å²) in [6, 6.07) is 10.1. The molecule has 0 bridgehead atoms. The van der Waals surface area contributed by atoms with E-state index in [9.17, 15) is 14.4 Å². The van der Waals surface area contributed by atoms with E-state index in [1.807, 2.05) is 13.0 Å². The van der Waals surface area contributed by atoms with Crippen LogP contribution in [0.15, 0.2) is 52.5 Å². The summed E-state index contributed by atoms with van der Waals surface area (Å²) in [5.74, 6) is -1.34. The Morgan fingerprint density at radius 3 is 2.36 bits per heavy atom. The summed E-state index contributed by atoms with van der Waals surface area (Å²) in [6.45, 7) is 11.4. The lowest BCUT2D eigenvalue weighted by Gasteiger charge is -2.43. The largest absolute Gasteiger partial charge is 0.363 e. The molecule has 0 radical (unpaired) electrons. The van der Waals surface area contributed by atoms with Gasteiger partial charge in [0.25, 0.3) is 11.8 Å². The Hall–Kier alpha value is -3.19. The molecule has 0 aliphatic carbocycles. The molecule has 1 fully saturated rings. The standard InChI is InChI=1S/C26H26BrN3O3/c1-6-29-22-11-15(2)17(12-20(22)16(3)14-26(29,4)5)13-21-23(31)28-25(33)30(24(21)32)19-9-7-18(27)8-10-19/h7-14H,6H2,1-5H3,(H,28,31,33)/b21-13+. The number of rotatable bonds is 3. The fourth-order valence-electron chi connectivity index (χ4n) is 4.62. The minimum Gasteiger partial charge on any atom is -0.363 e. The topological polar surface area (TPSA) is 69.7 Å². The second-order valence-corrected chi connectivity index (χ2v) is 9.80. The second kappa shape index (κ2) is 8.30. The number of halogens is 1. The van der Waals surface area contributed by atoms with Gasteiger partial charge in [-0.05, 0) is 93.8 Å². The zero-order chi connectivity index (χ0) is 24.1. The highest BCUT2D eigenvalue weighted by molar-refractivity contribution is 9.10. The molecule has 0 saturated carbocycles. The van der Waals surface area contributed by atoms with Gasteiger partial charge in [0, 0.05) is 22.3 Å². The van der Waals surface area contributed by atoms with E-state index in [1.165, 1.54) is 0 Å². The van der Waals surface area contributed by atoms with Crippen LogP contribution >= 0.6 is 15.9 Å². The Morgan fingerprint density at radius 1 is 1.06 bits per heavy atom. The van der Waals surface area contributed by atoms with Crippen molar-refractivity contribution in [1.82, 2.24) is 5.32 Å². The van der Waals surface area contributed by atoms with Gasteiger partial charge in [-0.3, -0.25) is 14.9 Å². The van der Waals surface area contributed by atoms with Crippen molar-refractivity contribution in [1.29, 1.82) is 0 Å². The minimum atomic E-state index is -0.758. The number of urea groups is 1. The molecule has 2 heterocycles. The van der Waals surface area contributed by atoms with Crippen LogP contribution < -0.4 is 15.1 Å². The van der Waals surface area contributed by atoms with Crippen LogP contribution in [0, 0.1) is 6.92 Å². The Kier molecular flexibility index (Phi) is 5.78. The maximum absolute atomic E-state index is 13.2. The second-order valence-electron chi connectivity index (χ2n) is 8.89. The summed E-state index contributed by atoms with van der Waals surface area (Å²) in [7, 11) is 0. The zero-order valence-electron chi connectivity index (χ0n) is 19.3. The molecule has 2 aromatic rings. The third-order valence-electron chi connectivity index (χ3n) is 6.17. The quantitative estimate of drug-likeness (QED) is 0.443. The number of imide groups is 2. The Labute approximate surface area is 202 Å². The first-order valence-electron chi connectivity index (χ1n) is 10.8. The van der Waals surface area contributed by atoms with Gasteiger partial charge in [-0.2, -0.15) is 0 Å². The van der Waals surface area contributed by atoms with Crippen molar-refractivity contribution in [3.8, 4) is 0 Å². The highest BCUT2D eigenvalue weighted by Crippen LogP contribution is 2.40. The van der Waals surface area contributed by atoms with Crippen molar-refractivity contribution >= 4 is 56.8 Å². The summed E-state index contributed by atoms with van der Waals surface area (Å²) in [5, 5.41) is 2.29. The van der Waals surface area contributed by atoms with Crippen molar-refractivity contribution in [3.63, 3.8) is 0 Å². The minimum absolute atomic E-state index is 0.0781. The summed E-state index contributed by atoms with van der Waals surface area (Å²) in [5.41, 5.74) is 5.25. The van der Waals surface area contributed by atoms with Crippen LogP contribution in [-0.4, -0.2) is 29.9 Å². The van der Waals surface area contributed by atoms with E-state index in [0.717, 1.165) is 43.9 Å². The maximum atomic E-state index is 13.2. The molecule has 2 aliphatic heterocycles. The van der Waals surface area contributed by atoms with E-state index in [0.29, 0.717) is 5.69 Å². The number of amides is 4. The SMILES string of the molecule is CCN1c2cc(C)c(/C=C3\C(=O)NC(=O)N(c4ccc(Br)cc4)C3=O)cc2C(C)=CC1(C)C. The summed E-state index contributed by atoms with van der Waals surface area (Å²) >= 11 is 3.35. The monoisotopic (exact) mass is 507 g/mol.